The summed E-state index contributed by atoms with van der Waals surface area (Å²) >= 11 is 1.21. The van der Waals surface area contributed by atoms with Gasteiger partial charge in [0.05, 0.1) is 11.1 Å². The first kappa shape index (κ1) is 17.2. The summed E-state index contributed by atoms with van der Waals surface area (Å²) in [4.78, 5) is 34.7. The van der Waals surface area contributed by atoms with E-state index >= 15 is 0 Å². The van der Waals surface area contributed by atoms with Gasteiger partial charge in [0.25, 0.3) is 5.91 Å². The number of amides is 2. The third-order valence-electron chi connectivity index (χ3n) is 2.79. The number of rotatable bonds is 5. The van der Waals surface area contributed by atoms with E-state index < -0.39 is 18.5 Å². The van der Waals surface area contributed by atoms with Crippen LogP contribution in [0.25, 0.3) is 0 Å². The van der Waals surface area contributed by atoms with Crippen molar-refractivity contribution in [3.63, 3.8) is 0 Å². The van der Waals surface area contributed by atoms with Gasteiger partial charge in [-0.2, -0.15) is 5.26 Å². The molecule has 1 aromatic heterocycles. The van der Waals surface area contributed by atoms with E-state index in [1.54, 1.807) is 23.6 Å². The van der Waals surface area contributed by atoms with Crippen LogP contribution in [0.4, 0.5) is 10.7 Å². The molecule has 0 unspecified atom stereocenters. The fraction of sp³-hybridized carbons (Fsp3) is 0.125. The molecule has 0 aliphatic rings. The lowest BCUT2D eigenvalue weighted by atomic mass is 10.2. The molecule has 122 valence electrons. The molecular weight excluding hydrogens is 330 g/mol. The van der Waals surface area contributed by atoms with Gasteiger partial charge in [-0.15, -0.1) is 11.3 Å². The van der Waals surface area contributed by atoms with Crippen molar-refractivity contribution in [2.45, 2.75) is 6.92 Å². The first-order valence-corrected chi connectivity index (χ1v) is 7.70. The summed E-state index contributed by atoms with van der Waals surface area (Å²) in [5.41, 5.74) is 1.02. The Morgan fingerprint density at radius 3 is 2.75 bits per heavy atom. The maximum Gasteiger partial charge on any atom is 0.338 e. The number of carbonyl (C=O) groups is 3. The Morgan fingerprint density at radius 1 is 1.25 bits per heavy atom. The smallest absolute Gasteiger partial charge is 0.338 e. The number of benzene rings is 1. The number of nitrogens with zero attached hydrogens (tertiary/aromatic N) is 1. The highest BCUT2D eigenvalue weighted by Gasteiger charge is 2.13. The summed E-state index contributed by atoms with van der Waals surface area (Å²) in [5.74, 6) is -1.49. The number of hydrogen-bond acceptors (Lipinski definition) is 6. The number of ether oxygens (including phenoxy) is 1. The standard InChI is InChI=1S/C16H13N3O4S/c1-10(20)18-13-4-2-3-11(7-13)16(22)23-9-14(21)19-15-12(8-17)5-6-24-15/h2-7H,9H2,1H3,(H,18,20)(H,19,21). The number of carbonyl (C=O) groups excluding carboxylic acids is 3. The zero-order valence-electron chi connectivity index (χ0n) is 12.7. The minimum atomic E-state index is -0.691. The number of hydrogen-bond donors (Lipinski definition) is 2. The van der Waals surface area contributed by atoms with Crippen LogP contribution in [0.2, 0.25) is 0 Å². The number of nitriles is 1. The van der Waals surface area contributed by atoms with Gasteiger partial charge in [-0.1, -0.05) is 6.07 Å². The molecular formula is C16H13N3O4S. The van der Waals surface area contributed by atoms with Crippen molar-refractivity contribution < 1.29 is 19.1 Å². The lowest BCUT2D eigenvalue weighted by Crippen LogP contribution is -2.21. The molecule has 1 heterocycles. The summed E-state index contributed by atoms with van der Waals surface area (Å²) in [6.45, 7) is 0.876. The first-order valence-electron chi connectivity index (χ1n) is 6.82. The third kappa shape index (κ3) is 4.66. The maximum absolute atomic E-state index is 11.9. The van der Waals surface area contributed by atoms with Crippen molar-refractivity contribution in [3.8, 4) is 6.07 Å². The van der Waals surface area contributed by atoms with E-state index in [1.165, 1.54) is 30.4 Å². The molecule has 2 amide bonds. The zero-order chi connectivity index (χ0) is 17.5. The van der Waals surface area contributed by atoms with Crippen molar-refractivity contribution in [2.75, 3.05) is 17.2 Å². The Morgan fingerprint density at radius 2 is 2.04 bits per heavy atom. The van der Waals surface area contributed by atoms with E-state index in [9.17, 15) is 14.4 Å². The summed E-state index contributed by atoms with van der Waals surface area (Å²) in [6, 6.07) is 9.72. The van der Waals surface area contributed by atoms with Crippen LogP contribution in [-0.2, 0) is 14.3 Å². The molecule has 0 radical (unpaired) electrons. The Hall–Kier alpha value is -3.18. The molecule has 0 aliphatic heterocycles. The largest absolute Gasteiger partial charge is 0.452 e. The zero-order valence-corrected chi connectivity index (χ0v) is 13.5. The average Bonchev–Trinajstić information content (AvgIpc) is 2.99. The van der Waals surface area contributed by atoms with E-state index in [4.69, 9.17) is 10.00 Å². The summed E-state index contributed by atoms with van der Waals surface area (Å²) in [7, 11) is 0. The number of esters is 1. The molecule has 2 N–H and O–H groups in total. The van der Waals surface area contributed by atoms with Gasteiger partial charge in [0.15, 0.2) is 6.61 Å². The van der Waals surface area contributed by atoms with Crippen molar-refractivity contribution in [1.29, 1.82) is 5.26 Å². The minimum absolute atomic E-state index is 0.211. The third-order valence-corrected chi connectivity index (χ3v) is 3.62. The molecule has 0 saturated carbocycles. The van der Waals surface area contributed by atoms with Crippen molar-refractivity contribution in [1.82, 2.24) is 0 Å². The van der Waals surface area contributed by atoms with Gasteiger partial charge in [-0.25, -0.2) is 4.79 Å². The first-order chi connectivity index (χ1) is 11.5. The van der Waals surface area contributed by atoms with E-state index in [0.29, 0.717) is 16.3 Å². The lowest BCUT2D eigenvalue weighted by Gasteiger charge is -2.07. The van der Waals surface area contributed by atoms with Gasteiger partial charge in [0.2, 0.25) is 5.91 Å². The highest BCUT2D eigenvalue weighted by molar-refractivity contribution is 7.14. The Balaban J connectivity index is 1.92. The monoisotopic (exact) mass is 343 g/mol. The predicted octanol–water partition coefficient (Wildman–Crippen LogP) is 2.37. The van der Waals surface area contributed by atoms with Crippen molar-refractivity contribution in [2.24, 2.45) is 0 Å². The topological polar surface area (TPSA) is 108 Å². The Kier molecular flexibility index (Phi) is 5.65. The number of thiophene rings is 1. The second-order valence-electron chi connectivity index (χ2n) is 4.66. The molecule has 0 aliphatic carbocycles. The number of anilines is 2. The second-order valence-corrected chi connectivity index (χ2v) is 5.58. The average molecular weight is 343 g/mol. The highest BCUT2D eigenvalue weighted by atomic mass is 32.1. The fourth-order valence-electron chi connectivity index (χ4n) is 1.80. The SMILES string of the molecule is CC(=O)Nc1cccc(C(=O)OCC(=O)Nc2sccc2C#N)c1. The van der Waals surface area contributed by atoms with E-state index in [2.05, 4.69) is 10.6 Å². The molecule has 0 atom stereocenters. The van der Waals surface area contributed by atoms with Gasteiger partial charge in [-0.05, 0) is 29.6 Å². The minimum Gasteiger partial charge on any atom is -0.452 e. The van der Waals surface area contributed by atoms with Crippen molar-refractivity contribution in [3.05, 3.63) is 46.8 Å². The molecule has 7 nitrogen and oxygen atoms in total. The van der Waals surface area contributed by atoms with Crippen LogP contribution in [0.1, 0.15) is 22.8 Å². The van der Waals surface area contributed by atoms with Crippen molar-refractivity contribution >= 4 is 39.8 Å². The van der Waals surface area contributed by atoms with Crippen LogP contribution in [-0.4, -0.2) is 24.4 Å². The van der Waals surface area contributed by atoms with Crippen LogP contribution in [0, 0.1) is 11.3 Å². The van der Waals surface area contributed by atoms with Crippen LogP contribution >= 0.6 is 11.3 Å². The lowest BCUT2D eigenvalue weighted by molar-refractivity contribution is -0.119. The molecule has 24 heavy (non-hydrogen) atoms. The molecule has 0 fully saturated rings. The van der Waals surface area contributed by atoms with Crippen LogP contribution in [0.5, 0.6) is 0 Å². The molecule has 8 heteroatoms. The van der Waals surface area contributed by atoms with Gasteiger partial charge in [-0.3, -0.25) is 9.59 Å². The molecule has 0 spiro atoms. The normalized spacial score (nSPS) is 9.67. The Bertz CT molecular complexity index is 823. The summed E-state index contributed by atoms with van der Waals surface area (Å²) < 4.78 is 4.93. The molecule has 0 bridgehead atoms. The molecule has 2 rings (SSSR count). The quantitative estimate of drug-likeness (QED) is 0.810. The Labute approximate surface area is 141 Å². The molecule has 0 saturated heterocycles. The second kappa shape index (κ2) is 7.89. The maximum atomic E-state index is 11.9. The highest BCUT2D eigenvalue weighted by Crippen LogP contribution is 2.21. The van der Waals surface area contributed by atoms with Gasteiger partial charge in [0, 0.05) is 12.6 Å². The summed E-state index contributed by atoms with van der Waals surface area (Å²) in [6.07, 6.45) is 0. The fourth-order valence-corrected chi connectivity index (χ4v) is 2.55. The summed E-state index contributed by atoms with van der Waals surface area (Å²) in [5, 5.41) is 16.0. The molecule has 1 aromatic carbocycles. The van der Waals surface area contributed by atoms with E-state index in [1.807, 2.05) is 6.07 Å². The van der Waals surface area contributed by atoms with Crippen LogP contribution < -0.4 is 10.6 Å². The van der Waals surface area contributed by atoms with Gasteiger partial charge >= 0.3 is 5.97 Å². The van der Waals surface area contributed by atoms with E-state index in [-0.39, 0.29) is 11.5 Å². The molecule has 2 aromatic rings. The number of nitrogens with one attached hydrogen (secondary N) is 2. The van der Waals surface area contributed by atoms with Crippen LogP contribution in [0.15, 0.2) is 35.7 Å². The van der Waals surface area contributed by atoms with E-state index in [0.717, 1.165) is 0 Å². The van der Waals surface area contributed by atoms with Gasteiger partial charge in [0.1, 0.15) is 11.1 Å². The van der Waals surface area contributed by atoms with Crippen LogP contribution in [0.3, 0.4) is 0 Å². The predicted molar refractivity (Wildman–Crippen MR) is 88.7 cm³/mol. The van der Waals surface area contributed by atoms with Gasteiger partial charge < -0.3 is 15.4 Å².